The lowest BCUT2D eigenvalue weighted by Crippen LogP contribution is -2.27. The lowest BCUT2D eigenvalue weighted by atomic mass is 9.98. The van der Waals surface area contributed by atoms with Gasteiger partial charge in [0, 0.05) is 4.57 Å². The van der Waals surface area contributed by atoms with E-state index in [-0.39, 0.29) is 0 Å². The lowest BCUT2D eigenvalue weighted by molar-refractivity contribution is -0.0878. The van der Waals surface area contributed by atoms with Crippen LogP contribution in [0.3, 0.4) is 0 Å². The van der Waals surface area contributed by atoms with Crippen molar-refractivity contribution >= 4 is 13.8 Å². The highest BCUT2D eigenvalue weighted by molar-refractivity contribution is 7.32. The third-order valence-electron chi connectivity index (χ3n) is 2.72. The molecule has 0 bridgehead atoms. The van der Waals surface area contributed by atoms with Gasteiger partial charge in [0.2, 0.25) is 5.79 Å². The van der Waals surface area contributed by atoms with Crippen molar-refractivity contribution in [3.63, 3.8) is 0 Å². The van der Waals surface area contributed by atoms with Crippen molar-refractivity contribution in [1.29, 1.82) is 0 Å². The molecule has 1 rings (SSSR count). The highest BCUT2D eigenvalue weighted by Crippen LogP contribution is 2.33. The molecule has 0 radical (unpaired) electrons. The fraction of sp³-hybridized carbons (Fsp3) is 0.333. The van der Waals surface area contributed by atoms with Gasteiger partial charge in [-0.15, -0.1) is 4.89 Å². The maximum absolute atomic E-state index is 10.6. The van der Waals surface area contributed by atoms with Gasteiger partial charge in [-0.2, -0.15) is 0 Å². The Kier molecular flexibility index (Phi) is 4.54. The largest absolute Gasteiger partial charge is 0.698 e. The van der Waals surface area contributed by atoms with Crippen LogP contribution in [0.5, 0.6) is 0 Å². The minimum Gasteiger partial charge on any atom is -0.359 e. The van der Waals surface area contributed by atoms with Gasteiger partial charge in [-0.3, -0.25) is 0 Å². The van der Waals surface area contributed by atoms with Crippen LogP contribution in [0, 0.1) is 0 Å². The normalized spacial score (nSPS) is 17.1. The maximum Gasteiger partial charge on any atom is 0.698 e. The van der Waals surface area contributed by atoms with E-state index < -0.39 is 14.0 Å². The second-order valence-corrected chi connectivity index (χ2v) is 4.59. The van der Waals surface area contributed by atoms with Gasteiger partial charge in [-0.25, -0.2) is 0 Å². The smallest absolute Gasteiger partial charge is 0.359 e. The third-order valence-corrected chi connectivity index (χ3v) is 3.23. The Bertz CT molecular complexity index is 437. The molecule has 92 valence electrons. The van der Waals surface area contributed by atoms with E-state index in [4.69, 9.17) is 4.89 Å². The zero-order valence-corrected chi connectivity index (χ0v) is 10.9. The van der Waals surface area contributed by atoms with Crippen LogP contribution in [0.4, 0.5) is 0 Å². The average molecular weight is 255 g/mol. The number of benzene rings is 1. The van der Waals surface area contributed by atoms with Crippen LogP contribution >= 0.6 is 8.25 Å². The van der Waals surface area contributed by atoms with Crippen LogP contribution in [-0.2, 0) is 9.09 Å². The first kappa shape index (κ1) is 14.0. The first-order valence-corrected chi connectivity index (χ1v) is 6.28. The molecule has 0 amide bonds. The van der Waals surface area contributed by atoms with Gasteiger partial charge in [0.25, 0.3) is 0 Å². The highest BCUT2D eigenvalue weighted by atomic mass is 31.1. The molecule has 0 aliphatic rings. The van der Waals surface area contributed by atoms with E-state index in [1.54, 1.807) is 6.92 Å². The molecule has 2 N–H and O–H groups in total. The molecule has 0 saturated heterocycles. The lowest BCUT2D eigenvalue weighted by Gasteiger charge is -2.19. The highest BCUT2D eigenvalue weighted by Gasteiger charge is 2.36. The summed E-state index contributed by atoms with van der Waals surface area (Å²) in [5.41, 5.74) is 2.25. The Morgan fingerprint density at radius 2 is 1.82 bits per heavy atom. The molecular formula is C12H16O4P+. The molecular weight excluding hydrogens is 239 g/mol. The van der Waals surface area contributed by atoms with Gasteiger partial charge < -0.3 is 5.11 Å². The fourth-order valence-corrected chi connectivity index (χ4v) is 1.91. The van der Waals surface area contributed by atoms with Crippen LogP contribution in [-0.4, -0.2) is 15.8 Å². The molecule has 0 heterocycles. The average Bonchev–Trinajstić information content (AvgIpc) is 2.26. The van der Waals surface area contributed by atoms with E-state index in [1.165, 1.54) is 6.92 Å². The summed E-state index contributed by atoms with van der Waals surface area (Å²) < 4.78 is 15.2. The SMILES string of the molecule is CC(=C(C)[C@@](C)(O)O[P+](=O)O)c1ccccc1. The molecule has 0 aromatic heterocycles. The standard InChI is InChI=1S/C12H15O4P/c1-9(11-7-5-4-6-8-11)10(2)12(3,13)16-17(14)15/h4-8,13H,1-3H3/p+1/t12-/m0/s1. The summed E-state index contributed by atoms with van der Waals surface area (Å²) in [6, 6.07) is 9.45. The summed E-state index contributed by atoms with van der Waals surface area (Å²) in [5, 5.41) is 9.96. The van der Waals surface area contributed by atoms with Crippen LogP contribution in [0.15, 0.2) is 35.9 Å². The third kappa shape index (κ3) is 3.72. The van der Waals surface area contributed by atoms with Crippen LogP contribution in [0.1, 0.15) is 26.3 Å². The van der Waals surface area contributed by atoms with Crippen molar-refractivity contribution < 1.29 is 19.1 Å². The first-order valence-electron chi connectivity index (χ1n) is 5.15. The number of rotatable bonds is 4. The zero-order chi connectivity index (χ0) is 13.1. The van der Waals surface area contributed by atoms with Crippen molar-refractivity contribution in [3.8, 4) is 0 Å². The number of aliphatic hydroxyl groups is 1. The van der Waals surface area contributed by atoms with E-state index in [9.17, 15) is 9.67 Å². The Balaban J connectivity index is 3.09. The van der Waals surface area contributed by atoms with Crippen molar-refractivity contribution in [2.75, 3.05) is 0 Å². The molecule has 5 heteroatoms. The second-order valence-electron chi connectivity index (χ2n) is 3.93. The Morgan fingerprint density at radius 3 is 2.29 bits per heavy atom. The summed E-state index contributed by atoms with van der Waals surface area (Å²) in [4.78, 5) is 8.69. The molecule has 1 aromatic rings. The molecule has 0 saturated carbocycles. The summed E-state index contributed by atoms with van der Waals surface area (Å²) in [5.74, 6) is -1.75. The van der Waals surface area contributed by atoms with Crippen LogP contribution < -0.4 is 0 Å². The van der Waals surface area contributed by atoms with E-state index in [2.05, 4.69) is 4.52 Å². The van der Waals surface area contributed by atoms with E-state index in [0.717, 1.165) is 11.1 Å². The predicted molar refractivity (Wildman–Crippen MR) is 66.2 cm³/mol. The Morgan fingerprint density at radius 1 is 1.29 bits per heavy atom. The van der Waals surface area contributed by atoms with Gasteiger partial charge in [-0.1, -0.05) is 34.9 Å². The van der Waals surface area contributed by atoms with Crippen molar-refractivity contribution in [2.45, 2.75) is 26.6 Å². The Labute approximate surface area is 102 Å². The molecule has 1 unspecified atom stereocenters. The van der Waals surface area contributed by atoms with E-state index in [1.807, 2.05) is 37.3 Å². The van der Waals surface area contributed by atoms with Crippen molar-refractivity contribution in [1.82, 2.24) is 0 Å². The zero-order valence-electron chi connectivity index (χ0n) is 10.0. The Hall–Kier alpha value is -1.06. The van der Waals surface area contributed by atoms with Crippen molar-refractivity contribution in [3.05, 3.63) is 41.5 Å². The van der Waals surface area contributed by atoms with E-state index >= 15 is 0 Å². The molecule has 2 atom stereocenters. The van der Waals surface area contributed by atoms with Gasteiger partial charge in [-0.05, 0) is 37.5 Å². The molecule has 0 fully saturated rings. The minimum atomic E-state index is -2.85. The fourth-order valence-electron chi connectivity index (χ4n) is 1.47. The molecule has 0 spiro atoms. The monoisotopic (exact) mass is 255 g/mol. The molecule has 0 aliphatic heterocycles. The maximum atomic E-state index is 10.6. The predicted octanol–water partition coefficient (Wildman–Crippen LogP) is 2.85. The van der Waals surface area contributed by atoms with Gasteiger partial charge >= 0.3 is 8.25 Å². The van der Waals surface area contributed by atoms with Crippen LogP contribution in [0.2, 0.25) is 0 Å². The summed E-state index contributed by atoms with van der Waals surface area (Å²) in [7, 11) is -2.85. The van der Waals surface area contributed by atoms with Crippen LogP contribution in [0.25, 0.3) is 5.57 Å². The van der Waals surface area contributed by atoms with Crippen molar-refractivity contribution in [2.24, 2.45) is 0 Å². The topological polar surface area (TPSA) is 66.8 Å². The number of hydrogen-bond donors (Lipinski definition) is 2. The summed E-state index contributed by atoms with van der Waals surface area (Å²) in [6.45, 7) is 4.84. The van der Waals surface area contributed by atoms with Gasteiger partial charge in [0.05, 0.1) is 0 Å². The molecule has 4 nitrogen and oxygen atoms in total. The molecule has 17 heavy (non-hydrogen) atoms. The molecule has 0 aliphatic carbocycles. The van der Waals surface area contributed by atoms with Gasteiger partial charge in [0.1, 0.15) is 0 Å². The number of hydrogen-bond acceptors (Lipinski definition) is 3. The molecule has 1 aromatic carbocycles. The van der Waals surface area contributed by atoms with E-state index in [0.29, 0.717) is 5.57 Å². The first-order chi connectivity index (χ1) is 7.84. The quantitative estimate of drug-likeness (QED) is 0.641. The number of allylic oxidation sites excluding steroid dienone is 1. The summed E-state index contributed by atoms with van der Waals surface area (Å²) >= 11 is 0. The minimum absolute atomic E-state index is 0.501. The second kappa shape index (κ2) is 5.52. The van der Waals surface area contributed by atoms with Gasteiger partial charge in [0.15, 0.2) is 0 Å². The summed E-state index contributed by atoms with van der Waals surface area (Å²) in [6.07, 6.45) is 0.